The molecule has 3 atom stereocenters. The van der Waals surface area contributed by atoms with Crippen molar-refractivity contribution in [2.24, 2.45) is 0 Å². The molecule has 17 heavy (non-hydrogen) atoms. The van der Waals surface area contributed by atoms with E-state index in [1.807, 2.05) is 0 Å². The second-order valence-corrected chi connectivity index (χ2v) is 4.80. The summed E-state index contributed by atoms with van der Waals surface area (Å²) in [6.45, 7) is 8.91. The van der Waals surface area contributed by atoms with Gasteiger partial charge < -0.3 is 14.8 Å². The molecule has 0 aliphatic carbocycles. The second-order valence-electron chi connectivity index (χ2n) is 4.80. The first-order chi connectivity index (χ1) is 8.02. The van der Waals surface area contributed by atoms with Crippen molar-refractivity contribution in [3.05, 3.63) is 0 Å². The summed E-state index contributed by atoms with van der Waals surface area (Å²) in [7, 11) is 1.52. The summed E-state index contributed by atoms with van der Waals surface area (Å²) in [5.41, 5.74) is 0. The average molecular weight is 244 g/mol. The van der Waals surface area contributed by atoms with Crippen molar-refractivity contribution < 1.29 is 14.3 Å². The Labute approximate surface area is 103 Å². The van der Waals surface area contributed by atoms with E-state index in [4.69, 9.17) is 9.47 Å². The van der Waals surface area contributed by atoms with Gasteiger partial charge in [0.25, 0.3) is 0 Å². The molecule has 0 aromatic heterocycles. The predicted octanol–water partition coefficient (Wildman–Crippen LogP) is 0.247. The van der Waals surface area contributed by atoms with Crippen LogP contribution in [0.5, 0.6) is 0 Å². The quantitative estimate of drug-likeness (QED) is 0.753. The lowest BCUT2D eigenvalue weighted by molar-refractivity contribution is -0.125. The number of nitrogens with one attached hydrogen (secondary N) is 1. The van der Waals surface area contributed by atoms with Gasteiger partial charge in [-0.25, -0.2) is 0 Å². The molecule has 1 saturated heterocycles. The maximum atomic E-state index is 11.3. The number of nitrogens with zero attached hydrogens (tertiary/aromatic N) is 1. The number of ether oxygens (including phenoxy) is 2. The van der Waals surface area contributed by atoms with Gasteiger partial charge in [-0.3, -0.25) is 9.69 Å². The van der Waals surface area contributed by atoms with Gasteiger partial charge in [-0.15, -0.1) is 0 Å². The van der Waals surface area contributed by atoms with E-state index in [9.17, 15) is 4.79 Å². The normalized spacial score (nSPS) is 27.8. The van der Waals surface area contributed by atoms with Gasteiger partial charge >= 0.3 is 0 Å². The van der Waals surface area contributed by atoms with Crippen molar-refractivity contribution in [1.29, 1.82) is 0 Å². The van der Waals surface area contributed by atoms with Crippen molar-refractivity contribution >= 4 is 5.91 Å². The number of amides is 1. The van der Waals surface area contributed by atoms with Crippen LogP contribution in [-0.4, -0.2) is 62.4 Å². The number of hydrogen-bond acceptors (Lipinski definition) is 4. The third-order valence-corrected chi connectivity index (χ3v) is 2.94. The van der Waals surface area contributed by atoms with Crippen LogP contribution in [0.2, 0.25) is 0 Å². The fourth-order valence-corrected chi connectivity index (χ4v) is 2.15. The molecule has 5 nitrogen and oxygen atoms in total. The molecule has 1 N–H and O–H groups in total. The predicted molar refractivity (Wildman–Crippen MR) is 65.9 cm³/mol. The fourth-order valence-electron chi connectivity index (χ4n) is 2.15. The fraction of sp³-hybridized carbons (Fsp3) is 0.917. The van der Waals surface area contributed by atoms with Crippen LogP contribution in [0, 0.1) is 0 Å². The third kappa shape index (κ3) is 5.02. The number of methoxy groups -OCH3 is 1. The summed E-state index contributed by atoms with van der Waals surface area (Å²) in [6.07, 6.45) is 0.520. The molecule has 1 heterocycles. The standard InChI is InChI=1S/C12H24N2O3/c1-9(5-13-12(15)8-16-4)14-6-10(2)17-11(3)7-14/h9-11H,5-8H2,1-4H3,(H,13,15)/t9-,10-,11-/m0/s1. The summed E-state index contributed by atoms with van der Waals surface area (Å²) in [6, 6.07) is 0.324. The summed E-state index contributed by atoms with van der Waals surface area (Å²) in [5, 5.41) is 2.86. The third-order valence-electron chi connectivity index (χ3n) is 2.94. The molecule has 0 radical (unpaired) electrons. The Morgan fingerprint density at radius 2 is 2.06 bits per heavy atom. The molecule has 0 bridgehead atoms. The molecule has 100 valence electrons. The number of carbonyl (C=O) groups excluding carboxylic acids is 1. The van der Waals surface area contributed by atoms with Crippen LogP contribution >= 0.6 is 0 Å². The van der Waals surface area contributed by atoms with Crippen LogP contribution in [0.25, 0.3) is 0 Å². The van der Waals surface area contributed by atoms with E-state index in [-0.39, 0.29) is 24.7 Å². The van der Waals surface area contributed by atoms with Gasteiger partial charge in [0.05, 0.1) is 12.2 Å². The highest BCUT2D eigenvalue weighted by molar-refractivity contribution is 5.77. The van der Waals surface area contributed by atoms with Crippen LogP contribution in [0.1, 0.15) is 20.8 Å². The lowest BCUT2D eigenvalue weighted by Crippen LogP contribution is -2.52. The SMILES string of the molecule is COCC(=O)NC[C@H](C)N1C[C@H](C)O[C@@H](C)C1. The highest BCUT2D eigenvalue weighted by Gasteiger charge is 2.25. The van der Waals surface area contributed by atoms with Gasteiger partial charge in [0.2, 0.25) is 5.91 Å². The van der Waals surface area contributed by atoms with Gasteiger partial charge in [-0.05, 0) is 20.8 Å². The minimum Gasteiger partial charge on any atom is -0.375 e. The van der Waals surface area contributed by atoms with Crippen LogP contribution < -0.4 is 5.32 Å². The Morgan fingerprint density at radius 3 is 2.59 bits per heavy atom. The van der Waals surface area contributed by atoms with E-state index in [1.165, 1.54) is 7.11 Å². The Hall–Kier alpha value is -0.650. The molecule has 1 fully saturated rings. The highest BCUT2D eigenvalue weighted by atomic mass is 16.5. The molecule has 1 aliphatic heterocycles. The zero-order valence-corrected chi connectivity index (χ0v) is 11.2. The summed E-state index contributed by atoms with van der Waals surface area (Å²) in [4.78, 5) is 13.6. The van der Waals surface area contributed by atoms with Gasteiger partial charge in [-0.1, -0.05) is 0 Å². The van der Waals surface area contributed by atoms with E-state index in [1.54, 1.807) is 0 Å². The number of rotatable bonds is 5. The molecule has 1 rings (SSSR count). The van der Waals surface area contributed by atoms with E-state index in [0.29, 0.717) is 12.6 Å². The van der Waals surface area contributed by atoms with E-state index in [0.717, 1.165) is 13.1 Å². The zero-order chi connectivity index (χ0) is 12.8. The Bertz CT molecular complexity index is 238. The van der Waals surface area contributed by atoms with E-state index in [2.05, 4.69) is 31.0 Å². The Morgan fingerprint density at radius 1 is 1.47 bits per heavy atom. The van der Waals surface area contributed by atoms with Crippen molar-refractivity contribution in [1.82, 2.24) is 10.2 Å². The molecule has 1 aliphatic rings. The highest BCUT2D eigenvalue weighted by Crippen LogP contribution is 2.12. The minimum absolute atomic E-state index is 0.0614. The lowest BCUT2D eigenvalue weighted by Gasteiger charge is -2.38. The molecule has 0 unspecified atom stereocenters. The molecular formula is C12H24N2O3. The topological polar surface area (TPSA) is 50.8 Å². The first-order valence-electron chi connectivity index (χ1n) is 6.18. The molecule has 1 amide bonds. The number of hydrogen-bond donors (Lipinski definition) is 1. The minimum atomic E-state index is -0.0614. The van der Waals surface area contributed by atoms with Crippen molar-refractivity contribution in [3.63, 3.8) is 0 Å². The zero-order valence-electron chi connectivity index (χ0n) is 11.2. The number of morpholine rings is 1. The van der Waals surface area contributed by atoms with Crippen LogP contribution in [-0.2, 0) is 14.3 Å². The van der Waals surface area contributed by atoms with E-state index >= 15 is 0 Å². The average Bonchev–Trinajstić information content (AvgIpc) is 2.25. The van der Waals surface area contributed by atoms with Gasteiger partial charge in [0, 0.05) is 32.8 Å². The summed E-state index contributed by atoms with van der Waals surface area (Å²) < 4.78 is 10.5. The smallest absolute Gasteiger partial charge is 0.246 e. The van der Waals surface area contributed by atoms with Crippen LogP contribution in [0.15, 0.2) is 0 Å². The second kappa shape index (κ2) is 6.93. The molecule has 0 spiro atoms. The number of carbonyl (C=O) groups is 1. The summed E-state index contributed by atoms with van der Waals surface area (Å²) >= 11 is 0. The van der Waals surface area contributed by atoms with Crippen LogP contribution in [0.4, 0.5) is 0 Å². The van der Waals surface area contributed by atoms with Crippen molar-refractivity contribution in [3.8, 4) is 0 Å². The van der Waals surface area contributed by atoms with Crippen molar-refractivity contribution in [2.75, 3.05) is 33.4 Å². The first-order valence-corrected chi connectivity index (χ1v) is 6.18. The Kier molecular flexibility index (Phi) is 5.88. The van der Waals surface area contributed by atoms with Gasteiger partial charge in [0.1, 0.15) is 6.61 Å². The van der Waals surface area contributed by atoms with Crippen LogP contribution in [0.3, 0.4) is 0 Å². The molecule has 0 aromatic rings. The molecule has 0 aromatic carbocycles. The molecular weight excluding hydrogens is 220 g/mol. The maximum Gasteiger partial charge on any atom is 0.246 e. The van der Waals surface area contributed by atoms with Gasteiger partial charge in [0.15, 0.2) is 0 Å². The largest absolute Gasteiger partial charge is 0.375 e. The lowest BCUT2D eigenvalue weighted by atomic mass is 10.2. The molecule has 0 saturated carbocycles. The maximum absolute atomic E-state index is 11.3. The first kappa shape index (κ1) is 14.4. The monoisotopic (exact) mass is 244 g/mol. The molecule has 5 heteroatoms. The summed E-state index contributed by atoms with van der Waals surface area (Å²) in [5.74, 6) is -0.0614. The van der Waals surface area contributed by atoms with Gasteiger partial charge in [-0.2, -0.15) is 0 Å². The van der Waals surface area contributed by atoms with Crippen molar-refractivity contribution in [2.45, 2.75) is 39.0 Å². The Balaban J connectivity index is 2.31. The van der Waals surface area contributed by atoms with E-state index < -0.39 is 0 Å².